The number of rotatable bonds is 4. The summed E-state index contributed by atoms with van der Waals surface area (Å²) in [4.78, 5) is 16.0. The zero-order chi connectivity index (χ0) is 16.4. The van der Waals surface area contributed by atoms with Gasteiger partial charge in [-0.1, -0.05) is 18.2 Å². The highest BCUT2D eigenvalue weighted by molar-refractivity contribution is 7.90. The molecule has 0 aliphatic carbocycles. The van der Waals surface area contributed by atoms with E-state index in [0.29, 0.717) is 16.9 Å². The number of hydrogen-bond donors (Lipinski definition) is 0. The molecule has 0 amide bonds. The molecule has 2 heterocycles. The van der Waals surface area contributed by atoms with Crippen LogP contribution in [-0.4, -0.2) is 32.2 Å². The largest absolute Gasteiger partial charge is 0.455 e. The molecule has 0 bridgehead atoms. The second-order valence-electron chi connectivity index (χ2n) is 4.94. The third-order valence-corrected chi connectivity index (χ3v) is 4.43. The molecule has 118 valence electrons. The van der Waals surface area contributed by atoms with Gasteiger partial charge in [0, 0.05) is 23.6 Å². The fourth-order valence-electron chi connectivity index (χ4n) is 2.26. The minimum atomic E-state index is -3.45. The molecule has 23 heavy (non-hydrogen) atoms. The summed E-state index contributed by atoms with van der Waals surface area (Å²) in [5.74, 6) is -0.281. The maximum absolute atomic E-state index is 12.0. The summed E-state index contributed by atoms with van der Waals surface area (Å²) >= 11 is 0. The average molecular weight is 331 g/mol. The predicted octanol–water partition coefficient (Wildman–Crippen LogP) is 1.83. The van der Waals surface area contributed by atoms with Crippen molar-refractivity contribution >= 4 is 21.4 Å². The number of sulfone groups is 1. The van der Waals surface area contributed by atoms with E-state index in [1.807, 2.05) is 0 Å². The zero-order valence-corrected chi connectivity index (χ0v) is 13.0. The summed E-state index contributed by atoms with van der Waals surface area (Å²) in [6, 6.07) is 9.75. The van der Waals surface area contributed by atoms with Crippen LogP contribution in [0.1, 0.15) is 5.56 Å². The summed E-state index contributed by atoms with van der Waals surface area (Å²) in [6.45, 7) is -0.0407. The summed E-state index contributed by atoms with van der Waals surface area (Å²) in [6.07, 6.45) is 4.15. The molecule has 7 heteroatoms. The molecule has 0 radical (unpaired) electrons. The molecule has 0 unspecified atom stereocenters. The Kier molecular flexibility index (Phi) is 3.87. The van der Waals surface area contributed by atoms with Gasteiger partial charge in [-0.3, -0.25) is 4.98 Å². The van der Waals surface area contributed by atoms with E-state index in [2.05, 4.69) is 4.98 Å². The van der Waals surface area contributed by atoms with Crippen LogP contribution in [0.4, 0.5) is 0 Å². The maximum atomic E-state index is 12.0. The monoisotopic (exact) mass is 331 g/mol. The Hall–Kier alpha value is -2.67. The van der Waals surface area contributed by atoms with Crippen molar-refractivity contribution < 1.29 is 22.7 Å². The van der Waals surface area contributed by atoms with E-state index < -0.39 is 15.8 Å². The number of esters is 1. The number of hydrogen-bond acceptors (Lipinski definition) is 6. The highest BCUT2D eigenvalue weighted by Crippen LogP contribution is 2.31. The topological polar surface area (TPSA) is 82.6 Å². The number of carbonyl (C=O) groups is 1. The van der Waals surface area contributed by atoms with Crippen molar-refractivity contribution in [2.24, 2.45) is 0 Å². The molecule has 1 aromatic heterocycles. The predicted molar refractivity (Wildman–Crippen MR) is 82.3 cm³/mol. The van der Waals surface area contributed by atoms with Crippen LogP contribution in [0.3, 0.4) is 0 Å². The standard InChI is InChI=1S/C16H13NO5S/c1-23(19,20)14-7-3-2-6-12(14)13-10-21-16(18)15(13)22-11-5-4-8-17-9-11/h2-9H,10H2,1H3. The molecule has 3 rings (SSSR count). The van der Waals surface area contributed by atoms with Crippen molar-refractivity contribution in [3.63, 3.8) is 0 Å². The van der Waals surface area contributed by atoms with Gasteiger partial charge in [-0.15, -0.1) is 0 Å². The lowest BCUT2D eigenvalue weighted by atomic mass is 10.1. The molecule has 0 atom stereocenters. The van der Waals surface area contributed by atoms with Crippen LogP contribution in [0.5, 0.6) is 5.75 Å². The van der Waals surface area contributed by atoms with Crippen LogP contribution in [0.15, 0.2) is 59.4 Å². The summed E-state index contributed by atoms with van der Waals surface area (Å²) in [5, 5.41) is 0. The highest BCUT2D eigenvalue weighted by atomic mass is 32.2. The van der Waals surface area contributed by atoms with Crippen molar-refractivity contribution in [3.05, 3.63) is 60.1 Å². The van der Waals surface area contributed by atoms with Gasteiger partial charge in [-0.2, -0.15) is 0 Å². The van der Waals surface area contributed by atoms with Gasteiger partial charge in [0.25, 0.3) is 0 Å². The molecule has 2 aromatic rings. The molecule has 1 aromatic carbocycles. The molecular weight excluding hydrogens is 318 g/mol. The van der Waals surface area contributed by atoms with Crippen LogP contribution >= 0.6 is 0 Å². The Morgan fingerprint density at radius 2 is 1.96 bits per heavy atom. The van der Waals surface area contributed by atoms with Gasteiger partial charge < -0.3 is 9.47 Å². The second-order valence-corrected chi connectivity index (χ2v) is 6.93. The van der Waals surface area contributed by atoms with Crippen molar-refractivity contribution in [2.45, 2.75) is 4.90 Å². The van der Waals surface area contributed by atoms with Gasteiger partial charge in [0.05, 0.1) is 11.1 Å². The molecule has 0 fully saturated rings. The first-order chi connectivity index (χ1) is 11.0. The minimum absolute atomic E-state index is 0.0194. The lowest BCUT2D eigenvalue weighted by molar-refractivity contribution is -0.137. The third kappa shape index (κ3) is 3.09. The Morgan fingerprint density at radius 1 is 1.17 bits per heavy atom. The van der Waals surface area contributed by atoms with Crippen LogP contribution in [-0.2, 0) is 19.4 Å². The average Bonchev–Trinajstić information content (AvgIpc) is 2.89. The van der Waals surface area contributed by atoms with Gasteiger partial charge in [0.2, 0.25) is 5.76 Å². The number of carbonyl (C=O) groups excluding carboxylic acids is 1. The molecule has 0 saturated heterocycles. The lowest BCUT2D eigenvalue weighted by Crippen LogP contribution is -2.07. The number of benzene rings is 1. The Morgan fingerprint density at radius 3 is 2.65 bits per heavy atom. The maximum Gasteiger partial charge on any atom is 0.375 e. The quantitative estimate of drug-likeness (QED) is 0.795. The molecule has 6 nitrogen and oxygen atoms in total. The Bertz CT molecular complexity index is 888. The van der Waals surface area contributed by atoms with Crippen LogP contribution in [0, 0.1) is 0 Å². The number of ether oxygens (including phenoxy) is 2. The molecule has 0 N–H and O–H groups in total. The summed E-state index contributed by atoms with van der Waals surface area (Å²) in [7, 11) is -3.45. The number of aromatic nitrogens is 1. The first kappa shape index (κ1) is 15.2. The second kappa shape index (κ2) is 5.85. The van der Waals surface area contributed by atoms with E-state index in [9.17, 15) is 13.2 Å². The van der Waals surface area contributed by atoms with Crippen molar-refractivity contribution in [3.8, 4) is 5.75 Å². The van der Waals surface area contributed by atoms with E-state index in [4.69, 9.17) is 9.47 Å². The first-order valence-corrected chi connectivity index (χ1v) is 8.63. The van der Waals surface area contributed by atoms with E-state index >= 15 is 0 Å². The number of pyridine rings is 1. The van der Waals surface area contributed by atoms with E-state index in [1.165, 1.54) is 12.3 Å². The summed E-state index contributed by atoms with van der Waals surface area (Å²) in [5.41, 5.74) is 0.805. The van der Waals surface area contributed by atoms with E-state index in [0.717, 1.165) is 6.26 Å². The summed E-state index contributed by atoms with van der Waals surface area (Å²) < 4.78 is 34.5. The van der Waals surface area contributed by atoms with Gasteiger partial charge in [-0.25, -0.2) is 13.2 Å². The van der Waals surface area contributed by atoms with Gasteiger partial charge in [-0.05, 0) is 18.2 Å². The molecular formula is C16H13NO5S. The fourth-order valence-corrected chi connectivity index (χ4v) is 3.18. The number of cyclic esters (lactones) is 1. The Labute approximate surface area is 133 Å². The van der Waals surface area contributed by atoms with Gasteiger partial charge in [0.1, 0.15) is 12.4 Å². The minimum Gasteiger partial charge on any atom is -0.455 e. The molecule has 1 aliphatic heterocycles. The van der Waals surface area contributed by atoms with E-state index in [-0.39, 0.29) is 17.3 Å². The first-order valence-electron chi connectivity index (χ1n) is 6.74. The highest BCUT2D eigenvalue weighted by Gasteiger charge is 2.31. The van der Waals surface area contributed by atoms with Crippen LogP contribution < -0.4 is 4.74 Å². The molecule has 0 spiro atoms. The smallest absolute Gasteiger partial charge is 0.375 e. The van der Waals surface area contributed by atoms with E-state index in [1.54, 1.807) is 36.5 Å². The molecule has 0 saturated carbocycles. The van der Waals surface area contributed by atoms with Gasteiger partial charge >= 0.3 is 5.97 Å². The Balaban J connectivity index is 2.12. The van der Waals surface area contributed by atoms with Crippen LogP contribution in [0.25, 0.3) is 5.57 Å². The fraction of sp³-hybridized carbons (Fsp3) is 0.125. The number of nitrogens with zero attached hydrogens (tertiary/aromatic N) is 1. The van der Waals surface area contributed by atoms with Crippen molar-refractivity contribution in [1.82, 2.24) is 4.98 Å². The lowest BCUT2D eigenvalue weighted by Gasteiger charge is -2.09. The zero-order valence-electron chi connectivity index (χ0n) is 12.2. The normalized spacial score (nSPS) is 14.7. The molecule has 1 aliphatic rings. The SMILES string of the molecule is CS(=O)(=O)c1ccccc1C1=C(Oc2cccnc2)C(=O)OC1. The third-order valence-electron chi connectivity index (χ3n) is 3.27. The van der Waals surface area contributed by atoms with Crippen LogP contribution in [0.2, 0.25) is 0 Å². The van der Waals surface area contributed by atoms with Crippen molar-refractivity contribution in [2.75, 3.05) is 12.9 Å². The van der Waals surface area contributed by atoms with Gasteiger partial charge in [0.15, 0.2) is 9.84 Å². The van der Waals surface area contributed by atoms with Crippen molar-refractivity contribution in [1.29, 1.82) is 0 Å².